The van der Waals surface area contributed by atoms with E-state index in [1.54, 1.807) is 4.90 Å². The van der Waals surface area contributed by atoms with Gasteiger partial charge < -0.3 is 19.3 Å². The summed E-state index contributed by atoms with van der Waals surface area (Å²) in [6.45, 7) is 6.61. The number of hydrogen-bond donors (Lipinski definition) is 2. The molecule has 3 unspecified atom stereocenters. The molecule has 0 radical (unpaired) electrons. The van der Waals surface area contributed by atoms with Gasteiger partial charge in [-0.25, -0.2) is 4.79 Å². The monoisotopic (exact) mass is 490 g/mol. The van der Waals surface area contributed by atoms with Crippen LogP contribution in [0.25, 0.3) is 0 Å². The van der Waals surface area contributed by atoms with Gasteiger partial charge >= 0.3 is 12.1 Å². The summed E-state index contributed by atoms with van der Waals surface area (Å²) in [6, 6.07) is 9.51. The van der Waals surface area contributed by atoms with E-state index in [0.29, 0.717) is 32.4 Å². The average molecular weight is 491 g/mol. The van der Waals surface area contributed by atoms with Gasteiger partial charge in [0.15, 0.2) is 10.1 Å². The second kappa shape index (κ2) is 9.37. The minimum atomic E-state index is -1.50. The van der Waals surface area contributed by atoms with Crippen LogP contribution in [0.4, 0.5) is 4.79 Å². The van der Waals surface area contributed by atoms with Crippen LogP contribution in [0, 0.1) is 0 Å². The predicted octanol–water partition coefficient (Wildman–Crippen LogP) is 4.16. The third-order valence-electron chi connectivity index (χ3n) is 6.00. The number of carbonyl (C=O) groups is 2. The number of amides is 1. The minimum Gasteiger partial charge on any atom is -0.597 e. The van der Waals surface area contributed by atoms with E-state index in [4.69, 9.17) is 4.74 Å². The number of ether oxygens (including phenoxy) is 1. The van der Waals surface area contributed by atoms with E-state index >= 15 is 0 Å². The number of rotatable bonds is 6. The molecule has 178 valence electrons. The van der Waals surface area contributed by atoms with Crippen molar-refractivity contribution in [2.24, 2.45) is 0 Å². The molecule has 7 nitrogen and oxygen atoms in total. The molecule has 4 atom stereocenters. The number of allylic oxidation sites excluding steroid dienone is 2. The van der Waals surface area contributed by atoms with E-state index in [2.05, 4.69) is 10.8 Å². The van der Waals surface area contributed by atoms with Crippen molar-refractivity contribution in [3.8, 4) is 0 Å². The summed E-state index contributed by atoms with van der Waals surface area (Å²) in [5.41, 5.74) is 0.391. The first-order valence-corrected chi connectivity index (χ1v) is 13.2. The molecule has 3 aliphatic rings. The minimum absolute atomic E-state index is 0.182. The van der Waals surface area contributed by atoms with Crippen LogP contribution < -0.4 is 4.72 Å². The fraction of sp³-hybridized carbons (Fsp3) is 0.500. The Kier molecular flexibility index (Phi) is 6.87. The van der Waals surface area contributed by atoms with E-state index < -0.39 is 28.5 Å². The molecule has 1 aliphatic carbocycles. The van der Waals surface area contributed by atoms with Crippen LogP contribution in [0.2, 0.25) is 0 Å². The normalized spacial score (nSPS) is 28.1. The van der Waals surface area contributed by atoms with Crippen LogP contribution in [0.5, 0.6) is 0 Å². The number of carboxylic acid groups (broad SMARTS) is 1. The van der Waals surface area contributed by atoms with Gasteiger partial charge in [-0.3, -0.25) is 4.79 Å². The van der Waals surface area contributed by atoms with Gasteiger partial charge in [-0.2, -0.15) is 0 Å². The largest absolute Gasteiger partial charge is 0.597 e. The maximum Gasteiger partial charge on any atom is 0.410 e. The summed E-state index contributed by atoms with van der Waals surface area (Å²) < 4.78 is 21.2. The lowest BCUT2D eigenvalue weighted by Gasteiger charge is -2.29. The summed E-state index contributed by atoms with van der Waals surface area (Å²) in [5.74, 6) is -1.14. The molecular formula is C24H30N2O5S2. The maximum atomic E-state index is 13.1. The molecule has 2 N–H and O–H groups in total. The Morgan fingerprint density at radius 3 is 2.61 bits per heavy atom. The fourth-order valence-electron chi connectivity index (χ4n) is 4.15. The second-order valence-electron chi connectivity index (χ2n) is 9.60. The number of aliphatic carboxylic acids is 1. The van der Waals surface area contributed by atoms with Crippen molar-refractivity contribution in [1.29, 1.82) is 0 Å². The van der Waals surface area contributed by atoms with E-state index in [-0.39, 0.29) is 16.6 Å². The Morgan fingerprint density at radius 1 is 1.27 bits per heavy atom. The standard InChI is InChI=1S/C24H30N2O5S2/c1-23(2,3)31-22(29)26-13-11-17(12-14-26)19-9-10-20(32-19)33(30)25-24(21(27)28)15-18(24)16-7-5-4-6-8-16/h4-9,11,18,20,25H,10,12-15H2,1-3H3,(H,27,28)/t18-,20?,24?,33?/m1/s1. The van der Waals surface area contributed by atoms with Crippen LogP contribution >= 0.6 is 11.8 Å². The molecule has 0 aromatic heterocycles. The lowest BCUT2D eigenvalue weighted by Crippen LogP contribution is -2.47. The zero-order chi connectivity index (χ0) is 23.8. The molecular weight excluding hydrogens is 460 g/mol. The van der Waals surface area contributed by atoms with Crippen LogP contribution in [-0.2, 0) is 20.9 Å². The maximum absolute atomic E-state index is 13.1. The van der Waals surface area contributed by atoms with Crippen molar-refractivity contribution in [2.75, 3.05) is 13.1 Å². The first-order valence-electron chi connectivity index (χ1n) is 11.1. The van der Waals surface area contributed by atoms with Gasteiger partial charge in [0.2, 0.25) is 0 Å². The van der Waals surface area contributed by atoms with Gasteiger partial charge in [0, 0.05) is 30.3 Å². The summed E-state index contributed by atoms with van der Waals surface area (Å²) in [6.07, 6.45) is 5.53. The third-order valence-corrected chi connectivity index (χ3v) is 9.18. The quantitative estimate of drug-likeness (QED) is 0.577. The Morgan fingerprint density at radius 2 is 2.00 bits per heavy atom. The zero-order valence-electron chi connectivity index (χ0n) is 19.1. The van der Waals surface area contributed by atoms with Gasteiger partial charge in [-0.15, -0.1) is 4.72 Å². The Balaban J connectivity index is 1.32. The zero-order valence-corrected chi connectivity index (χ0v) is 20.7. The molecule has 0 spiro atoms. The molecule has 0 bridgehead atoms. The highest BCUT2D eigenvalue weighted by Gasteiger charge is 2.64. The highest BCUT2D eigenvalue weighted by atomic mass is 32.3. The molecule has 33 heavy (non-hydrogen) atoms. The highest BCUT2D eigenvalue weighted by molar-refractivity contribution is 8.15. The average Bonchev–Trinajstić information content (AvgIpc) is 3.28. The summed E-state index contributed by atoms with van der Waals surface area (Å²) in [5, 5.41) is 9.85. The number of nitrogens with zero attached hydrogens (tertiary/aromatic N) is 1. The molecule has 1 aromatic rings. The van der Waals surface area contributed by atoms with Gasteiger partial charge in [-0.05, 0) is 44.7 Å². The molecule has 1 amide bonds. The van der Waals surface area contributed by atoms with Crippen LogP contribution in [0.15, 0.2) is 53.0 Å². The number of benzene rings is 1. The number of carboxylic acids is 1. The third kappa shape index (κ3) is 5.42. The van der Waals surface area contributed by atoms with Gasteiger partial charge in [-0.1, -0.05) is 54.2 Å². The SMILES string of the molecule is CC(C)(C)OC(=O)N1CC=C(C2=CCC([S+]([O-])NC3(C(=O)O)C[C@@H]3c3ccccc3)S2)CC1. The first kappa shape index (κ1) is 24.2. The number of thioether (sulfide) groups is 1. The van der Waals surface area contributed by atoms with Crippen molar-refractivity contribution in [3.63, 3.8) is 0 Å². The van der Waals surface area contributed by atoms with Crippen molar-refractivity contribution >= 4 is 35.2 Å². The fourth-order valence-corrected chi connectivity index (χ4v) is 7.04. The molecule has 1 saturated carbocycles. The van der Waals surface area contributed by atoms with E-state index in [0.717, 1.165) is 16.0 Å². The summed E-state index contributed by atoms with van der Waals surface area (Å²) in [4.78, 5) is 27.0. The van der Waals surface area contributed by atoms with Gasteiger partial charge in [0.1, 0.15) is 5.60 Å². The molecule has 2 aliphatic heterocycles. The number of hydrogen-bond acceptors (Lipinski definition) is 6. The van der Waals surface area contributed by atoms with E-state index in [9.17, 15) is 19.2 Å². The first-order chi connectivity index (χ1) is 15.6. The van der Waals surface area contributed by atoms with Crippen LogP contribution in [0.3, 0.4) is 0 Å². The van der Waals surface area contributed by atoms with Crippen LogP contribution in [-0.4, -0.2) is 55.4 Å². The van der Waals surface area contributed by atoms with E-state index in [1.807, 2.05) is 57.2 Å². The lowest BCUT2D eigenvalue weighted by atomic mass is 10.1. The Labute approximate surface area is 201 Å². The van der Waals surface area contributed by atoms with Gasteiger partial charge in [0.25, 0.3) is 0 Å². The topological polar surface area (TPSA) is 102 Å². The predicted molar refractivity (Wildman–Crippen MR) is 130 cm³/mol. The molecule has 2 heterocycles. The molecule has 0 saturated heterocycles. The Bertz CT molecular complexity index is 975. The molecule has 4 rings (SSSR count). The number of carbonyl (C=O) groups excluding carboxylic acids is 1. The molecule has 1 fully saturated rings. The van der Waals surface area contributed by atoms with Crippen molar-refractivity contribution in [2.45, 2.75) is 61.7 Å². The van der Waals surface area contributed by atoms with E-state index in [1.165, 1.54) is 11.8 Å². The molecule has 1 aromatic carbocycles. The highest BCUT2D eigenvalue weighted by Crippen LogP contribution is 2.53. The summed E-state index contributed by atoms with van der Waals surface area (Å²) >= 11 is 0.0247. The van der Waals surface area contributed by atoms with Crippen LogP contribution in [0.1, 0.15) is 51.5 Å². The number of nitrogens with one attached hydrogen (secondary N) is 1. The van der Waals surface area contributed by atoms with Gasteiger partial charge in [0.05, 0.1) is 11.4 Å². The summed E-state index contributed by atoms with van der Waals surface area (Å²) in [7, 11) is 0. The smallest absolute Gasteiger partial charge is 0.410 e. The Hall–Kier alpha value is -1.94. The second-order valence-corrected chi connectivity index (χ2v) is 12.5. The lowest BCUT2D eigenvalue weighted by molar-refractivity contribution is -0.140. The molecule has 9 heteroatoms. The van der Waals surface area contributed by atoms with Crippen molar-refractivity contribution in [1.82, 2.24) is 9.62 Å². The van der Waals surface area contributed by atoms with Crippen molar-refractivity contribution < 1.29 is 24.0 Å². The van der Waals surface area contributed by atoms with Crippen molar-refractivity contribution in [3.05, 3.63) is 58.5 Å².